The highest BCUT2D eigenvalue weighted by Crippen LogP contribution is 2.30. The minimum atomic E-state index is -3.38. The quantitative estimate of drug-likeness (QED) is 0.902. The Morgan fingerprint density at radius 1 is 1.39 bits per heavy atom. The van der Waals surface area contributed by atoms with Crippen LogP contribution in [0.4, 0.5) is 0 Å². The van der Waals surface area contributed by atoms with Crippen molar-refractivity contribution in [2.45, 2.75) is 43.7 Å². The Kier molecular flexibility index (Phi) is 3.75. The third kappa shape index (κ3) is 2.18. The lowest BCUT2D eigenvalue weighted by molar-refractivity contribution is 0.249. The van der Waals surface area contributed by atoms with Crippen molar-refractivity contribution in [1.29, 1.82) is 0 Å². The Morgan fingerprint density at radius 2 is 2.06 bits per heavy atom. The highest BCUT2D eigenvalue weighted by Gasteiger charge is 2.32. The van der Waals surface area contributed by atoms with Crippen molar-refractivity contribution >= 4 is 10.0 Å². The summed E-state index contributed by atoms with van der Waals surface area (Å²) in [4.78, 5) is 0.389. The van der Waals surface area contributed by atoms with E-state index in [9.17, 15) is 8.42 Å². The fourth-order valence-electron chi connectivity index (χ4n) is 2.26. The van der Waals surface area contributed by atoms with Gasteiger partial charge in [-0.1, -0.05) is 18.6 Å². The van der Waals surface area contributed by atoms with Crippen LogP contribution in [0.5, 0.6) is 0 Å². The van der Waals surface area contributed by atoms with E-state index in [2.05, 4.69) is 0 Å². The zero-order valence-electron chi connectivity index (χ0n) is 10.9. The molecule has 0 radical (unpaired) electrons. The molecule has 1 aromatic rings. The Morgan fingerprint density at radius 3 is 2.56 bits per heavy atom. The van der Waals surface area contributed by atoms with Crippen molar-refractivity contribution in [3.05, 3.63) is 29.3 Å². The van der Waals surface area contributed by atoms with Crippen LogP contribution in [-0.2, 0) is 16.6 Å². The zero-order valence-corrected chi connectivity index (χ0v) is 11.7. The van der Waals surface area contributed by atoms with E-state index in [-0.39, 0.29) is 6.04 Å². The molecular formula is C13H20N2O2S. The molecule has 2 N–H and O–H groups in total. The Labute approximate surface area is 109 Å². The summed E-state index contributed by atoms with van der Waals surface area (Å²) >= 11 is 0. The predicted molar refractivity (Wildman–Crippen MR) is 71.7 cm³/mol. The van der Waals surface area contributed by atoms with Crippen molar-refractivity contribution in [2.24, 2.45) is 5.73 Å². The first-order valence-electron chi connectivity index (χ1n) is 6.25. The van der Waals surface area contributed by atoms with Crippen LogP contribution in [0.1, 0.15) is 30.4 Å². The molecule has 0 atom stereocenters. The maximum atomic E-state index is 12.5. The minimum absolute atomic E-state index is 0.163. The molecule has 0 amide bonds. The summed E-state index contributed by atoms with van der Waals surface area (Å²) in [6.07, 6.45) is 3.04. The molecule has 0 spiro atoms. The van der Waals surface area contributed by atoms with Crippen LogP contribution in [0.25, 0.3) is 0 Å². The average molecular weight is 268 g/mol. The second-order valence-corrected chi connectivity index (χ2v) is 6.82. The van der Waals surface area contributed by atoms with Gasteiger partial charge in [-0.15, -0.1) is 0 Å². The Bertz CT molecular complexity index is 536. The smallest absolute Gasteiger partial charge is 0.243 e. The van der Waals surface area contributed by atoms with Crippen LogP contribution in [0.15, 0.2) is 23.1 Å². The fourth-order valence-corrected chi connectivity index (χ4v) is 3.94. The molecule has 4 nitrogen and oxygen atoms in total. The maximum absolute atomic E-state index is 12.5. The lowest BCUT2D eigenvalue weighted by Gasteiger charge is -2.34. The van der Waals surface area contributed by atoms with E-state index in [1.54, 1.807) is 19.2 Å². The minimum Gasteiger partial charge on any atom is -0.326 e. The Hall–Kier alpha value is -0.910. The number of sulfonamides is 1. The van der Waals surface area contributed by atoms with Gasteiger partial charge in [0.15, 0.2) is 0 Å². The molecule has 1 saturated carbocycles. The molecule has 18 heavy (non-hydrogen) atoms. The first-order chi connectivity index (χ1) is 8.48. The van der Waals surface area contributed by atoms with E-state index in [1.165, 1.54) is 4.31 Å². The summed E-state index contributed by atoms with van der Waals surface area (Å²) < 4.78 is 26.6. The van der Waals surface area contributed by atoms with E-state index < -0.39 is 10.0 Å². The SMILES string of the molecule is Cc1c(CN)cccc1S(=O)(=O)N(C)C1CCC1. The van der Waals surface area contributed by atoms with Crippen molar-refractivity contribution in [3.63, 3.8) is 0 Å². The van der Waals surface area contributed by atoms with Crippen LogP contribution < -0.4 is 5.73 Å². The fraction of sp³-hybridized carbons (Fsp3) is 0.538. The first kappa shape index (κ1) is 13.5. The average Bonchev–Trinajstić information content (AvgIpc) is 2.26. The van der Waals surface area contributed by atoms with Crippen LogP contribution >= 0.6 is 0 Å². The number of nitrogens with zero attached hydrogens (tertiary/aromatic N) is 1. The van der Waals surface area contributed by atoms with E-state index in [0.29, 0.717) is 11.4 Å². The van der Waals surface area contributed by atoms with Crippen molar-refractivity contribution in [1.82, 2.24) is 4.31 Å². The number of benzene rings is 1. The largest absolute Gasteiger partial charge is 0.326 e. The van der Waals surface area contributed by atoms with Crippen molar-refractivity contribution in [2.75, 3.05) is 7.05 Å². The van der Waals surface area contributed by atoms with Crippen molar-refractivity contribution in [3.8, 4) is 0 Å². The molecule has 5 heteroatoms. The molecule has 1 aliphatic carbocycles. The number of rotatable bonds is 4. The normalized spacial score (nSPS) is 16.9. The van der Waals surface area contributed by atoms with Gasteiger partial charge in [0.2, 0.25) is 10.0 Å². The molecule has 0 bridgehead atoms. The van der Waals surface area contributed by atoms with Crippen molar-refractivity contribution < 1.29 is 8.42 Å². The molecule has 1 aliphatic rings. The summed E-state index contributed by atoms with van der Waals surface area (Å²) in [5.74, 6) is 0. The van der Waals surface area contributed by atoms with Crippen LogP contribution in [0, 0.1) is 6.92 Å². The Balaban J connectivity index is 2.40. The summed E-state index contributed by atoms with van der Waals surface area (Å²) in [6.45, 7) is 2.19. The van der Waals surface area contributed by atoms with Gasteiger partial charge in [0.25, 0.3) is 0 Å². The molecule has 2 rings (SSSR count). The third-order valence-electron chi connectivity index (χ3n) is 3.86. The van der Waals surface area contributed by atoms with Gasteiger partial charge in [-0.05, 0) is 37.0 Å². The molecule has 0 heterocycles. The lowest BCUT2D eigenvalue weighted by atomic mass is 9.94. The van der Waals surface area contributed by atoms with Gasteiger partial charge in [0.05, 0.1) is 4.90 Å². The van der Waals surface area contributed by atoms with E-state index in [0.717, 1.165) is 30.4 Å². The van der Waals surface area contributed by atoms with E-state index in [1.807, 2.05) is 13.0 Å². The summed E-state index contributed by atoms with van der Waals surface area (Å²) in [5, 5.41) is 0. The standard InChI is InChI=1S/C13H20N2O2S/c1-10-11(9-14)5-3-8-13(10)18(16,17)15(2)12-6-4-7-12/h3,5,8,12H,4,6-7,9,14H2,1-2H3. The van der Waals surface area contributed by atoms with Gasteiger partial charge in [-0.2, -0.15) is 4.31 Å². The number of hydrogen-bond acceptors (Lipinski definition) is 3. The number of hydrogen-bond donors (Lipinski definition) is 1. The second kappa shape index (κ2) is 4.99. The zero-order chi connectivity index (χ0) is 13.3. The molecular weight excluding hydrogens is 248 g/mol. The third-order valence-corrected chi connectivity index (χ3v) is 5.92. The monoisotopic (exact) mass is 268 g/mol. The lowest BCUT2D eigenvalue weighted by Crippen LogP contribution is -2.41. The van der Waals surface area contributed by atoms with Crippen LogP contribution in [0.2, 0.25) is 0 Å². The highest BCUT2D eigenvalue weighted by atomic mass is 32.2. The second-order valence-electron chi connectivity index (χ2n) is 4.85. The molecule has 1 aromatic carbocycles. The molecule has 1 fully saturated rings. The summed E-state index contributed by atoms with van der Waals surface area (Å²) in [6, 6.07) is 5.46. The van der Waals surface area contributed by atoms with Gasteiger partial charge in [-0.25, -0.2) is 8.42 Å². The van der Waals surface area contributed by atoms with Gasteiger partial charge in [0, 0.05) is 19.6 Å². The van der Waals surface area contributed by atoms with Crippen LogP contribution in [0.3, 0.4) is 0 Å². The van der Waals surface area contributed by atoms with Crippen LogP contribution in [-0.4, -0.2) is 25.8 Å². The van der Waals surface area contributed by atoms with Gasteiger partial charge < -0.3 is 5.73 Å². The molecule has 0 aromatic heterocycles. The molecule has 100 valence electrons. The summed E-state index contributed by atoms with van der Waals surface area (Å²) in [7, 11) is -1.71. The molecule has 0 saturated heterocycles. The highest BCUT2D eigenvalue weighted by molar-refractivity contribution is 7.89. The first-order valence-corrected chi connectivity index (χ1v) is 7.69. The van der Waals surface area contributed by atoms with E-state index in [4.69, 9.17) is 5.73 Å². The van der Waals surface area contributed by atoms with E-state index >= 15 is 0 Å². The van der Waals surface area contributed by atoms with Gasteiger partial charge in [0.1, 0.15) is 0 Å². The van der Waals surface area contributed by atoms with Gasteiger partial charge in [-0.3, -0.25) is 0 Å². The predicted octanol–water partition coefficient (Wildman–Crippen LogP) is 1.63. The molecule has 0 aliphatic heterocycles. The molecule has 0 unspecified atom stereocenters. The summed E-state index contributed by atoms with van der Waals surface area (Å²) in [5.41, 5.74) is 7.28. The number of nitrogens with two attached hydrogens (primary N) is 1. The topological polar surface area (TPSA) is 63.4 Å². The maximum Gasteiger partial charge on any atom is 0.243 e. The van der Waals surface area contributed by atoms with Gasteiger partial charge >= 0.3 is 0 Å².